The van der Waals surface area contributed by atoms with Gasteiger partial charge in [0, 0.05) is 12.6 Å². The third-order valence-electron chi connectivity index (χ3n) is 3.33. The molecule has 4 nitrogen and oxygen atoms in total. The van der Waals surface area contributed by atoms with Gasteiger partial charge in [-0.1, -0.05) is 0 Å². The van der Waals surface area contributed by atoms with Gasteiger partial charge in [0.15, 0.2) is 0 Å². The number of nitrogens with zero attached hydrogens (tertiary/aromatic N) is 1. The topological polar surface area (TPSA) is 55.6 Å². The van der Waals surface area contributed by atoms with Gasteiger partial charge in [-0.15, -0.1) is 0 Å². The van der Waals surface area contributed by atoms with Crippen molar-refractivity contribution < 1.29 is 22.7 Å². The van der Waals surface area contributed by atoms with Crippen molar-refractivity contribution in [1.82, 2.24) is 4.90 Å². The molecule has 1 atom stereocenters. The predicted octanol–water partition coefficient (Wildman–Crippen LogP) is 3.06. The molecule has 1 aliphatic rings. The Balaban J connectivity index is 2.69. The van der Waals surface area contributed by atoms with Crippen LogP contribution in [0.4, 0.5) is 18.0 Å². The molecule has 1 unspecified atom stereocenters. The van der Waals surface area contributed by atoms with Gasteiger partial charge in [0.25, 0.3) is 0 Å². The summed E-state index contributed by atoms with van der Waals surface area (Å²) in [5, 5.41) is 0. The van der Waals surface area contributed by atoms with Gasteiger partial charge in [0.2, 0.25) is 0 Å². The van der Waals surface area contributed by atoms with Gasteiger partial charge in [-0.05, 0) is 46.5 Å². The molecule has 20 heavy (non-hydrogen) atoms. The lowest BCUT2D eigenvalue weighted by atomic mass is 10.0. The molecule has 0 spiro atoms. The molecule has 1 aliphatic carbocycles. The molecule has 0 aliphatic heterocycles. The smallest absolute Gasteiger partial charge is 0.410 e. The molecular weight excluding hydrogens is 273 g/mol. The molecule has 2 N–H and O–H groups in total. The summed E-state index contributed by atoms with van der Waals surface area (Å²) < 4.78 is 44.2. The highest BCUT2D eigenvalue weighted by Gasteiger charge is 2.47. The number of alkyl halides is 3. The first-order valence-corrected chi connectivity index (χ1v) is 6.65. The average molecular weight is 296 g/mol. The second-order valence-corrected chi connectivity index (χ2v) is 6.55. The van der Waals surface area contributed by atoms with E-state index in [1.807, 2.05) is 0 Å². The van der Waals surface area contributed by atoms with Crippen LogP contribution in [0.1, 0.15) is 46.5 Å². The lowest BCUT2D eigenvalue weighted by Crippen LogP contribution is -2.49. The van der Waals surface area contributed by atoms with Crippen LogP contribution in [0.5, 0.6) is 0 Å². The van der Waals surface area contributed by atoms with E-state index in [-0.39, 0.29) is 12.8 Å². The number of hydrogen-bond donors (Lipinski definition) is 1. The number of carbonyl (C=O) groups is 1. The molecule has 1 amide bonds. The number of hydrogen-bond acceptors (Lipinski definition) is 3. The monoisotopic (exact) mass is 296 g/mol. The largest absolute Gasteiger partial charge is 0.444 e. The second-order valence-electron chi connectivity index (χ2n) is 6.55. The van der Waals surface area contributed by atoms with E-state index in [9.17, 15) is 18.0 Å². The molecule has 1 fully saturated rings. The van der Waals surface area contributed by atoms with Crippen LogP contribution in [0, 0.1) is 0 Å². The van der Waals surface area contributed by atoms with Crippen LogP contribution in [-0.2, 0) is 4.74 Å². The highest BCUT2D eigenvalue weighted by molar-refractivity contribution is 5.68. The Morgan fingerprint density at radius 1 is 1.35 bits per heavy atom. The highest BCUT2D eigenvalue weighted by atomic mass is 19.4. The average Bonchev–Trinajstić information content (AvgIpc) is 2.92. The van der Waals surface area contributed by atoms with E-state index in [0.29, 0.717) is 4.90 Å². The molecule has 0 radical (unpaired) electrons. The van der Waals surface area contributed by atoms with E-state index in [1.54, 1.807) is 20.8 Å². The molecule has 0 saturated heterocycles. The minimum Gasteiger partial charge on any atom is -0.444 e. The summed E-state index contributed by atoms with van der Waals surface area (Å²) in [4.78, 5) is 12.4. The lowest BCUT2D eigenvalue weighted by Gasteiger charge is -2.32. The second kappa shape index (κ2) is 5.42. The maximum Gasteiger partial charge on any atom is 0.410 e. The number of nitrogens with two attached hydrogens (primary N) is 1. The van der Waals surface area contributed by atoms with Crippen LogP contribution in [0.3, 0.4) is 0 Å². The summed E-state index contributed by atoms with van der Waals surface area (Å²) in [6.07, 6.45) is -3.92. The number of carbonyl (C=O) groups excluding carboxylic acids is 1. The molecule has 0 heterocycles. The van der Waals surface area contributed by atoms with E-state index in [4.69, 9.17) is 10.5 Å². The molecule has 0 aromatic rings. The maximum absolute atomic E-state index is 13.1. The van der Waals surface area contributed by atoms with Crippen molar-refractivity contribution >= 4 is 6.09 Å². The van der Waals surface area contributed by atoms with Gasteiger partial charge in [-0.3, -0.25) is 4.90 Å². The van der Waals surface area contributed by atoms with E-state index >= 15 is 0 Å². The Labute approximate surface area is 117 Å². The maximum atomic E-state index is 13.1. The molecule has 1 rings (SSSR count). The number of amides is 1. The zero-order valence-corrected chi connectivity index (χ0v) is 12.4. The third kappa shape index (κ3) is 5.19. The van der Waals surface area contributed by atoms with Crippen molar-refractivity contribution in [2.45, 2.75) is 69.8 Å². The summed E-state index contributed by atoms with van der Waals surface area (Å²) in [7, 11) is 1.11. The van der Waals surface area contributed by atoms with Crippen LogP contribution in [0.2, 0.25) is 0 Å². The Hall–Kier alpha value is -0.980. The van der Waals surface area contributed by atoms with Crippen LogP contribution in [0.25, 0.3) is 0 Å². The Morgan fingerprint density at radius 2 is 1.85 bits per heavy atom. The Morgan fingerprint density at radius 3 is 2.20 bits per heavy atom. The van der Waals surface area contributed by atoms with Crippen LogP contribution in [-0.4, -0.2) is 41.4 Å². The van der Waals surface area contributed by atoms with Gasteiger partial charge in [0.1, 0.15) is 11.6 Å². The molecule has 7 heteroatoms. The first-order chi connectivity index (χ1) is 8.84. The summed E-state index contributed by atoms with van der Waals surface area (Å²) in [6.45, 7) is 4.83. The van der Waals surface area contributed by atoms with Crippen molar-refractivity contribution in [3.63, 3.8) is 0 Å². The molecule has 0 aromatic heterocycles. The predicted molar refractivity (Wildman–Crippen MR) is 69.2 cm³/mol. The van der Waals surface area contributed by atoms with Crippen molar-refractivity contribution in [3.8, 4) is 0 Å². The number of halogens is 3. The summed E-state index contributed by atoms with van der Waals surface area (Å²) in [5.41, 5.74) is 4.51. The normalized spacial score (nSPS) is 19.4. The fourth-order valence-corrected chi connectivity index (χ4v) is 1.87. The standard InChI is InChI=1S/C13H23F3N2O2/c1-11(2,3)20-10(19)18(4)9(13(14,15)16)5-6-12(17)7-8-12/h9H,5-8,17H2,1-4H3. The Bertz CT molecular complexity index is 360. The third-order valence-corrected chi connectivity index (χ3v) is 3.33. The van der Waals surface area contributed by atoms with Crippen molar-refractivity contribution in [2.75, 3.05) is 7.05 Å². The van der Waals surface area contributed by atoms with E-state index in [1.165, 1.54) is 0 Å². The van der Waals surface area contributed by atoms with Gasteiger partial charge >= 0.3 is 12.3 Å². The molecule has 0 bridgehead atoms. The van der Waals surface area contributed by atoms with E-state index in [2.05, 4.69) is 0 Å². The molecular formula is C13H23F3N2O2. The SMILES string of the molecule is CN(C(=O)OC(C)(C)C)C(CCC1(N)CC1)C(F)(F)F. The number of ether oxygens (including phenoxy) is 1. The Kier molecular flexibility index (Phi) is 4.63. The first-order valence-electron chi connectivity index (χ1n) is 6.65. The summed E-state index contributed by atoms with van der Waals surface area (Å²) in [5.74, 6) is 0. The zero-order chi connectivity index (χ0) is 15.8. The first kappa shape index (κ1) is 17.1. The van der Waals surface area contributed by atoms with Crippen molar-refractivity contribution in [2.24, 2.45) is 5.73 Å². The minimum absolute atomic E-state index is 0.199. The zero-order valence-electron chi connectivity index (χ0n) is 12.4. The van der Waals surface area contributed by atoms with Crippen LogP contribution < -0.4 is 5.73 Å². The van der Waals surface area contributed by atoms with Gasteiger partial charge in [-0.2, -0.15) is 13.2 Å². The van der Waals surface area contributed by atoms with E-state index in [0.717, 1.165) is 19.9 Å². The van der Waals surface area contributed by atoms with Crippen molar-refractivity contribution in [3.05, 3.63) is 0 Å². The molecule has 1 saturated carbocycles. The minimum atomic E-state index is -4.49. The summed E-state index contributed by atoms with van der Waals surface area (Å²) >= 11 is 0. The molecule has 118 valence electrons. The number of rotatable bonds is 4. The van der Waals surface area contributed by atoms with Crippen molar-refractivity contribution in [1.29, 1.82) is 0 Å². The highest BCUT2D eigenvalue weighted by Crippen LogP contribution is 2.39. The van der Waals surface area contributed by atoms with Crippen LogP contribution in [0.15, 0.2) is 0 Å². The van der Waals surface area contributed by atoms with Crippen LogP contribution >= 0.6 is 0 Å². The summed E-state index contributed by atoms with van der Waals surface area (Å²) in [6, 6.07) is -1.86. The van der Waals surface area contributed by atoms with Gasteiger partial charge in [-0.25, -0.2) is 4.79 Å². The van der Waals surface area contributed by atoms with E-state index < -0.39 is 29.5 Å². The fraction of sp³-hybridized carbons (Fsp3) is 0.923. The van der Waals surface area contributed by atoms with Gasteiger partial charge in [0.05, 0.1) is 0 Å². The molecule has 0 aromatic carbocycles. The fourth-order valence-electron chi connectivity index (χ4n) is 1.87. The lowest BCUT2D eigenvalue weighted by molar-refractivity contribution is -0.179. The van der Waals surface area contributed by atoms with Gasteiger partial charge < -0.3 is 10.5 Å². The quantitative estimate of drug-likeness (QED) is 0.867.